The van der Waals surface area contributed by atoms with E-state index in [4.69, 9.17) is 0 Å². The molecule has 1 heterocycles. The molecule has 3 nitrogen and oxygen atoms in total. The van der Waals surface area contributed by atoms with Crippen molar-refractivity contribution < 1.29 is 5.11 Å². The molecule has 2 rings (SSSR count). The van der Waals surface area contributed by atoms with E-state index >= 15 is 0 Å². The van der Waals surface area contributed by atoms with Crippen molar-refractivity contribution >= 4 is 10.9 Å². The predicted octanol–water partition coefficient (Wildman–Crippen LogP) is 2.42. The van der Waals surface area contributed by atoms with Crippen LogP contribution in [0.25, 0.3) is 10.9 Å². The number of aryl methyl sites for hydroxylation is 1. The summed E-state index contributed by atoms with van der Waals surface area (Å²) < 4.78 is 1.97. The Morgan fingerprint density at radius 2 is 2.13 bits per heavy atom. The summed E-state index contributed by atoms with van der Waals surface area (Å²) in [6.07, 6.45) is 0. The molecular weight excluding hydrogens is 188 g/mol. The first-order chi connectivity index (χ1) is 7.13. The third-order valence-electron chi connectivity index (χ3n) is 2.58. The van der Waals surface area contributed by atoms with Gasteiger partial charge in [-0.3, -0.25) is 4.68 Å². The number of aromatic nitrogens is 2. The molecule has 0 aliphatic carbocycles. The standard InChI is InChI=1S/C12H16N2O/c1-8(2)14-12-6-9(3)4-5-10(12)11(7-15)13-14/h4-6,8,15H,7H2,1-3H3. The third-order valence-corrected chi connectivity index (χ3v) is 2.58. The fourth-order valence-electron chi connectivity index (χ4n) is 1.82. The van der Waals surface area contributed by atoms with Crippen molar-refractivity contribution in [3.63, 3.8) is 0 Å². The molecule has 1 aromatic carbocycles. The van der Waals surface area contributed by atoms with Crippen molar-refractivity contribution in [1.29, 1.82) is 0 Å². The number of benzene rings is 1. The predicted molar refractivity (Wildman–Crippen MR) is 60.8 cm³/mol. The Bertz CT molecular complexity index is 486. The SMILES string of the molecule is Cc1ccc2c(CO)nn(C(C)C)c2c1. The van der Waals surface area contributed by atoms with Crippen LogP contribution in [0.3, 0.4) is 0 Å². The number of aliphatic hydroxyl groups is 1. The van der Waals surface area contributed by atoms with Crippen molar-refractivity contribution in [1.82, 2.24) is 9.78 Å². The van der Waals surface area contributed by atoms with Crippen LogP contribution < -0.4 is 0 Å². The molecule has 0 unspecified atom stereocenters. The Balaban J connectivity index is 2.76. The number of fused-ring (bicyclic) bond motifs is 1. The fourth-order valence-corrected chi connectivity index (χ4v) is 1.82. The summed E-state index contributed by atoms with van der Waals surface area (Å²) in [5.74, 6) is 0. The quantitative estimate of drug-likeness (QED) is 0.815. The first-order valence-corrected chi connectivity index (χ1v) is 5.22. The lowest BCUT2D eigenvalue weighted by Gasteiger charge is -2.06. The zero-order valence-corrected chi connectivity index (χ0v) is 9.36. The molecule has 0 spiro atoms. The minimum Gasteiger partial charge on any atom is -0.390 e. The van der Waals surface area contributed by atoms with Gasteiger partial charge in [0.05, 0.1) is 17.8 Å². The van der Waals surface area contributed by atoms with Gasteiger partial charge in [0.1, 0.15) is 0 Å². The highest BCUT2D eigenvalue weighted by molar-refractivity contribution is 5.82. The number of aliphatic hydroxyl groups excluding tert-OH is 1. The van der Waals surface area contributed by atoms with Crippen LogP contribution in [0, 0.1) is 6.92 Å². The average molecular weight is 204 g/mol. The lowest BCUT2D eigenvalue weighted by atomic mass is 10.1. The van der Waals surface area contributed by atoms with Crippen LogP contribution in [-0.4, -0.2) is 14.9 Å². The second-order valence-electron chi connectivity index (χ2n) is 4.16. The number of hydrogen-bond donors (Lipinski definition) is 1. The molecule has 0 aliphatic heterocycles. The van der Waals surface area contributed by atoms with Gasteiger partial charge in [-0.15, -0.1) is 0 Å². The summed E-state index contributed by atoms with van der Waals surface area (Å²) >= 11 is 0. The lowest BCUT2D eigenvalue weighted by molar-refractivity contribution is 0.276. The summed E-state index contributed by atoms with van der Waals surface area (Å²) in [5, 5.41) is 14.7. The van der Waals surface area contributed by atoms with Crippen molar-refractivity contribution in [3.8, 4) is 0 Å². The Labute approximate surface area is 89.3 Å². The maximum absolute atomic E-state index is 9.22. The molecule has 80 valence electrons. The first-order valence-electron chi connectivity index (χ1n) is 5.22. The van der Waals surface area contributed by atoms with Crippen LogP contribution in [0.15, 0.2) is 18.2 Å². The summed E-state index contributed by atoms with van der Waals surface area (Å²) in [6, 6.07) is 6.51. The highest BCUT2D eigenvalue weighted by Crippen LogP contribution is 2.22. The van der Waals surface area contributed by atoms with Gasteiger partial charge in [-0.05, 0) is 32.4 Å². The molecule has 0 radical (unpaired) electrons. The molecule has 2 aromatic rings. The van der Waals surface area contributed by atoms with Crippen LogP contribution in [0.5, 0.6) is 0 Å². The van der Waals surface area contributed by atoms with Crippen LogP contribution in [0.2, 0.25) is 0 Å². The van der Waals surface area contributed by atoms with Gasteiger partial charge in [0.15, 0.2) is 0 Å². The highest BCUT2D eigenvalue weighted by Gasteiger charge is 2.11. The Kier molecular flexibility index (Phi) is 2.49. The van der Waals surface area contributed by atoms with E-state index < -0.39 is 0 Å². The molecule has 15 heavy (non-hydrogen) atoms. The molecule has 3 heteroatoms. The molecule has 1 N–H and O–H groups in total. The molecule has 1 aromatic heterocycles. The van der Waals surface area contributed by atoms with E-state index in [1.54, 1.807) is 0 Å². The Morgan fingerprint density at radius 3 is 2.73 bits per heavy atom. The van der Waals surface area contributed by atoms with E-state index in [9.17, 15) is 5.11 Å². The Morgan fingerprint density at radius 1 is 1.40 bits per heavy atom. The zero-order chi connectivity index (χ0) is 11.0. The monoisotopic (exact) mass is 204 g/mol. The van der Waals surface area contributed by atoms with E-state index in [2.05, 4.69) is 31.9 Å². The van der Waals surface area contributed by atoms with Crippen molar-refractivity contribution in [3.05, 3.63) is 29.5 Å². The summed E-state index contributed by atoms with van der Waals surface area (Å²) in [4.78, 5) is 0. The van der Waals surface area contributed by atoms with Crippen molar-refractivity contribution in [2.75, 3.05) is 0 Å². The Hall–Kier alpha value is -1.35. The van der Waals surface area contributed by atoms with E-state index in [0.29, 0.717) is 6.04 Å². The lowest BCUT2D eigenvalue weighted by Crippen LogP contribution is -2.03. The van der Waals surface area contributed by atoms with Crippen molar-refractivity contribution in [2.24, 2.45) is 0 Å². The minimum absolute atomic E-state index is 0.000713. The minimum atomic E-state index is -0.000713. The fraction of sp³-hybridized carbons (Fsp3) is 0.417. The van der Waals surface area contributed by atoms with E-state index in [1.807, 2.05) is 16.8 Å². The van der Waals surface area contributed by atoms with Gasteiger partial charge in [0.25, 0.3) is 0 Å². The van der Waals surface area contributed by atoms with Gasteiger partial charge in [-0.1, -0.05) is 12.1 Å². The van der Waals surface area contributed by atoms with Crippen LogP contribution in [0.4, 0.5) is 0 Å². The molecule has 0 atom stereocenters. The summed E-state index contributed by atoms with van der Waals surface area (Å²) in [5.41, 5.74) is 3.08. The smallest absolute Gasteiger partial charge is 0.0957 e. The second kappa shape index (κ2) is 3.66. The molecule has 0 aliphatic rings. The number of rotatable bonds is 2. The molecule has 0 fully saturated rings. The molecule has 0 amide bonds. The van der Waals surface area contributed by atoms with Crippen LogP contribution in [-0.2, 0) is 6.61 Å². The zero-order valence-electron chi connectivity index (χ0n) is 9.36. The molecular formula is C12H16N2O. The van der Waals surface area contributed by atoms with Crippen molar-refractivity contribution in [2.45, 2.75) is 33.4 Å². The van der Waals surface area contributed by atoms with Gasteiger partial charge in [-0.25, -0.2) is 0 Å². The third kappa shape index (κ3) is 1.63. The largest absolute Gasteiger partial charge is 0.390 e. The topological polar surface area (TPSA) is 38.1 Å². The molecule has 0 bridgehead atoms. The molecule has 0 saturated heterocycles. The number of hydrogen-bond acceptors (Lipinski definition) is 2. The van der Waals surface area contributed by atoms with E-state index in [1.165, 1.54) is 5.56 Å². The molecule has 0 saturated carbocycles. The van der Waals surface area contributed by atoms with Crippen LogP contribution >= 0.6 is 0 Å². The average Bonchev–Trinajstić information content (AvgIpc) is 2.55. The summed E-state index contributed by atoms with van der Waals surface area (Å²) in [6.45, 7) is 6.25. The van der Waals surface area contributed by atoms with E-state index in [0.717, 1.165) is 16.6 Å². The highest BCUT2D eigenvalue weighted by atomic mass is 16.3. The van der Waals surface area contributed by atoms with E-state index in [-0.39, 0.29) is 6.61 Å². The van der Waals surface area contributed by atoms with Crippen LogP contribution in [0.1, 0.15) is 31.1 Å². The summed E-state index contributed by atoms with van der Waals surface area (Å²) in [7, 11) is 0. The number of nitrogens with zero attached hydrogens (tertiary/aromatic N) is 2. The van der Waals surface area contributed by atoms with Gasteiger partial charge in [0.2, 0.25) is 0 Å². The first kappa shape index (κ1) is 10.2. The van der Waals surface area contributed by atoms with Gasteiger partial charge < -0.3 is 5.11 Å². The normalized spacial score (nSPS) is 11.5. The second-order valence-corrected chi connectivity index (χ2v) is 4.16. The maximum Gasteiger partial charge on any atom is 0.0957 e. The maximum atomic E-state index is 9.22. The van der Waals surface area contributed by atoms with Gasteiger partial charge in [0, 0.05) is 11.4 Å². The van der Waals surface area contributed by atoms with Gasteiger partial charge in [-0.2, -0.15) is 5.10 Å². The van der Waals surface area contributed by atoms with Gasteiger partial charge >= 0.3 is 0 Å².